The number of aryl methyl sites for hydroxylation is 1. The predicted molar refractivity (Wildman–Crippen MR) is 139 cm³/mol. The smallest absolute Gasteiger partial charge is 0.264 e. The molecule has 1 fully saturated rings. The topological polar surface area (TPSA) is 70.2 Å². The molecule has 1 aliphatic heterocycles. The molecule has 0 aromatic heterocycles. The lowest BCUT2D eigenvalue weighted by molar-refractivity contribution is -0.129. The van der Waals surface area contributed by atoms with Crippen LogP contribution in [0.25, 0.3) is 0 Å². The number of methoxy groups -OCH3 is 1. The molecule has 4 rings (SSSR count). The normalized spacial score (nSPS) is 14.0. The number of rotatable bonds is 7. The van der Waals surface area contributed by atoms with Gasteiger partial charge in [0.15, 0.2) is 0 Å². The van der Waals surface area contributed by atoms with Gasteiger partial charge in [-0.3, -0.25) is 9.10 Å². The molecule has 35 heavy (non-hydrogen) atoms. The van der Waals surface area contributed by atoms with Crippen LogP contribution in [0, 0.1) is 6.92 Å². The second-order valence-electron chi connectivity index (χ2n) is 8.37. The third-order valence-corrected chi connectivity index (χ3v) is 8.08. The highest BCUT2D eigenvalue weighted by atomic mass is 35.5. The molecule has 1 heterocycles. The van der Waals surface area contributed by atoms with Crippen LogP contribution in [-0.4, -0.2) is 59.1 Å². The van der Waals surface area contributed by atoms with Gasteiger partial charge in [-0.05, 0) is 73.2 Å². The average molecular weight is 514 g/mol. The number of hydrogen-bond acceptors (Lipinski definition) is 5. The van der Waals surface area contributed by atoms with E-state index in [9.17, 15) is 13.2 Å². The molecule has 3 aromatic rings. The molecule has 0 atom stereocenters. The van der Waals surface area contributed by atoms with Crippen molar-refractivity contribution in [3.05, 3.63) is 83.4 Å². The zero-order valence-electron chi connectivity index (χ0n) is 19.7. The highest BCUT2D eigenvalue weighted by Gasteiger charge is 2.30. The first-order chi connectivity index (χ1) is 16.8. The van der Waals surface area contributed by atoms with Crippen LogP contribution in [0.1, 0.15) is 5.56 Å². The third-order valence-electron chi connectivity index (χ3n) is 6.04. The number of nitrogens with zero attached hydrogens (tertiary/aromatic N) is 3. The number of piperazine rings is 1. The fourth-order valence-corrected chi connectivity index (χ4v) is 5.59. The summed E-state index contributed by atoms with van der Waals surface area (Å²) in [7, 11) is -2.35. The van der Waals surface area contributed by atoms with Gasteiger partial charge in [0.2, 0.25) is 5.91 Å². The summed E-state index contributed by atoms with van der Waals surface area (Å²) in [5, 5.41) is 0.442. The van der Waals surface area contributed by atoms with Crippen molar-refractivity contribution in [2.24, 2.45) is 0 Å². The molecule has 0 N–H and O–H groups in total. The van der Waals surface area contributed by atoms with E-state index < -0.39 is 10.0 Å². The molecule has 9 heteroatoms. The molecule has 0 saturated carbocycles. The summed E-state index contributed by atoms with van der Waals surface area (Å²) in [6.45, 7) is 3.94. The standard InChI is InChI=1S/C26H28ClN3O4S/c1-20-4-3-5-23(18-20)30(35(32,33)25-12-6-21(27)7-13-25)19-26(31)29-16-14-28(15-17-29)22-8-10-24(34-2)11-9-22/h3-13,18H,14-17,19H2,1-2H3. The van der Waals surface area contributed by atoms with E-state index in [0.29, 0.717) is 36.9 Å². The van der Waals surface area contributed by atoms with Gasteiger partial charge in [-0.2, -0.15) is 0 Å². The van der Waals surface area contributed by atoms with Gasteiger partial charge < -0.3 is 14.5 Å². The number of ether oxygens (including phenoxy) is 1. The molecule has 1 amide bonds. The van der Waals surface area contributed by atoms with Gasteiger partial charge in [0.05, 0.1) is 17.7 Å². The van der Waals surface area contributed by atoms with E-state index in [1.807, 2.05) is 37.3 Å². The fourth-order valence-electron chi connectivity index (χ4n) is 4.06. The lowest BCUT2D eigenvalue weighted by atomic mass is 10.2. The van der Waals surface area contributed by atoms with Gasteiger partial charge in [0.25, 0.3) is 10.0 Å². The van der Waals surface area contributed by atoms with Crippen LogP contribution in [0.15, 0.2) is 77.7 Å². The number of carbonyl (C=O) groups excluding carboxylic acids is 1. The maximum Gasteiger partial charge on any atom is 0.264 e. The lowest BCUT2D eigenvalue weighted by Gasteiger charge is -2.37. The Hall–Kier alpha value is -3.23. The van der Waals surface area contributed by atoms with Crippen molar-refractivity contribution in [2.45, 2.75) is 11.8 Å². The summed E-state index contributed by atoms with van der Waals surface area (Å²) in [6.07, 6.45) is 0. The van der Waals surface area contributed by atoms with Crippen molar-refractivity contribution in [3.8, 4) is 5.75 Å². The van der Waals surface area contributed by atoms with Crippen LogP contribution in [0.3, 0.4) is 0 Å². The maximum absolute atomic E-state index is 13.6. The molecule has 0 spiro atoms. The molecule has 0 unspecified atom stereocenters. The van der Waals surface area contributed by atoms with Gasteiger partial charge >= 0.3 is 0 Å². The second kappa shape index (κ2) is 10.6. The molecular weight excluding hydrogens is 486 g/mol. The van der Waals surface area contributed by atoms with Crippen LogP contribution in [0.2, 0.25) is 5.02 Å². The summed E-state index contributed by atoms with van der Waals surface area (Å²) in [4.78, 5) is 17.3. The molecule has 3 aromatic carbocycles. The maximum atomic E-state index is 13.6. The Morgan fingerprint density at radius 2 is 1.63 bits per heavy atom. The molecule has 1 saturated heterocycles. The molecule has 7 nitrogen and oxygen atoms in total. The quantitative estimate of drug-likeness (QED) is 0.473. The lowest BCUT2D eigenvalue weighted by Crippen LogP contribution is -2.52. The molecule has 184 valence electrons. The highest BCUT2D eigenvalue weighted by Crippen LogP contribution is 2.26. The largest absolute Gasteiger partial charge is 0.497 e. The first-order valence-corrected chi connectivity index (χ1v) is 13.1. The van der Waals surface area contributed by atoms with E-state index in [-0.39, 0.29) is 17.3 Å². The van der Waals surface area contributed by atoms with Gasteiger partial charge in [0, 0.05) is 36.9 Å². The van der Waals surface area contributed by atoms with Crippen LogP contribution in [-0.2, 0) is 14.8 Å². The van der Waals surface area contributed by atoms with Crippen molar-refractivity contribution >= 4 is 38.9 Å². The van der Waals surface area contributed by atoms with Crippen molar-refractivity contribution < 1.29 is 17.9 Å². The zero-order chi connectivity index (χ0) is 25.0. The predicted octanol–water partition coefficient (Wildman–Crippen LogP) is 4.20. The molecule has 0 aliphatic carbocycles. The minimum absolute atomic E-state index is 0.0838. The number of hydrogen-bond donors (Lipinski definition) is 0. The van der Waals surface area contributed by atoms with Gasteiger partial charge in [-0.15, -0.1) is 0 Å². The number of sulfonamides is 1. The first kappa shape index (κ1) is 24.9. The van der Waals surface area contributed by atoms with Gasteiger partial charge in [-0.25, -0.2) is 8.42 Å². The second-order valence-corrected chi connectivity index (χ2v) is 10.7. The summed E-state index contributed by atoms with van der Waals surface area (Å²) in [5.74, 6) is 0.555. The Morgan fingerprint density at radius 3 is 2.23 bits per heavy atom. The number of anilines is 2. The van der Waals surface area contributed by atoms with Crippen molar-refractivity contribution in [1.29, 1.82) is 0 Å². The van der Waals surface area contributed by atoms with E-state index in [2.05, 4.69) is 4.90 Å². The Labute approximate surface area is 211 Å². The van der Waals surface area contributed by atoms with Crippen LogP contribution >= 0.6 is 11.6 Å². The number of halogens is 1. The Balaban J connectivity index is 1.51. The van der Waals surface area contributed by atoms with Gasteiger partial charge in [-0.1, -0.05) is 23.7 Å². The monoisotopic (exact) mass is 513 g/mol. The molecule has 1 aliphatic rings. The van der Waals surface area contributed by atoms with E-state index in [1.54, 1.807) is 30.2 Å². The highest BCUT2D eigenvalue weighted by molar-refractivity contribution is 7.92. The van der Waals surface area contributed by atoms with E-state index >= 15 is 0 Å². The average Bonchev–Trinajstić information content (AvgIpc) is 2.87. The van der Waals surface area contributed by atoms with E-state index in [4.69, 9.17) is 16.3 Å². The summed E-state index contributed by atoms with van der Waals surface area (Å²) in [5.41, 5.74) is 2.41. The summed E-state index contributed by atoms with van der Waals surface area (Å²) < 4.78 is 33.5. The van der Waals surface area contributed by atoms with E-state index in [1.165, 1.54) is 28.6 Å². The summed E-state index contributed by atoms with van der Waals surface area (Å²) in [6, 6.07) is 20.9. The Bertz CT molecular complexity index is 1270. The van der Waals surface area contributed by atoms with Gasteiger partial charge in [0.1, 0.15) is 12.3 Å². The van der Waals surface area contributed by atoms with Crippen molar-refractivity contribution in [3.63, 3.8) is 0 Å². The van der Waals surface area contributed by atoms with Crippen molar-refractivity contribution in [1.82, 2.24) is 4.90 Å². The van der Waals surface area contributed by atoms with Crippen LogP contribution < -0.4 is 13.9 Å². The number of carbonyl (C=O) groups is 1. The fraction of sp³-hybridized carbons (Fsp3) is 0.269. The minimum Gasteiger partial charge on any atom is -0.497 e. The van der Waals surface area contributed by atoms with Crippen LogP contribution in [0.5, 0.6) is 5.75 Å². The zero-order valence-corrected chi connectivity index (χ0v) is 21.3. The Morgan fingerprint density at radius 1 is 0.971 bits per heavy atom. The third kappa shape index (κ3) is 5.71. The Kier molecular flexibility index (Phi) is 7.52. The number of amides is 1. The molecule has 0 bridgehead atoms. The minimum atomic E-state index is -3.98. The number of benzene rings is 3. The van der Waals surface area contributed by atoms with Crippen LogP contribution in [0.4, 0.5) is 11.4 Å². The van der Waals surface area contributed by atoms with E-state index in [0.717, 1.165) is 17.0 Å². The first-order valence-electron chi connectivity index (χ1n) is 11.3. The molecular formula is C26H28ClN3O4S. The molecule has 0 radical (unpaired) electrons. The summed E-state index contributed by atoms with van der Waals surface area (Å²) >= 11 is 5.96. The SMILES string of the molecule is COc1ccc(N2CCN(C(=O)CN(c3cccc(C)c3)S(=O)(=O)c3ccc(Cl)cc3)CC2)cc1. The van der Waals surface area contributed by atoms with Crippen molar-refractivity contribution in [2.75, 3.05) is 49.0 Å².